The molecule has 1 aliphatic heterocycles. The SMILES string of the molecule is CCN1c2ccccc2[Si](C2CCCCC2)c2ccccc21. The molecule has 0 N–H and O–H groups in total. The summed E-state index contributed by atoms with van der Waals surface area (Å²) in [4.78, 5) is 2.52. The van der Waals surface area contributed by atoms with Gasteiger partial charge in [0, 0.05) is 17.9 Å². The molecule has 2 heteroatoms. The number of rotatable bonds is 2. The zero-order valence-electron chi connectivity index (χ0n) is 13.4. The number of para-hydroxylation sites is 2. The molecule has 22 heavy (non-hydrogen) atoms. The second-order valence-corrected chi connectivity index (χ2v) is 9.25. The summed E-state index contributed by atoms with van der Waals surface area (Å²) in [5, 5.41) is 3.31. The minimum Gasteiger partial charge on any atom is -0.342 e. The minimum absolute atomic E-state index is 0.646. The Hall–Kier alpha value is -1.54. The van der Waals surface area contributed by atoms with E-state index in [9.17, 15) is 0 Å². The Balaban J connectivity index is 1.88. The molecule has 1 saturated carbocycles. The molecule has 0 saturated heterocycles. The highest BCUT2D eigenvalue weighted by Crippen LogP contribution is 2.36. The van der Waals surface area contributed by atoms with Crippen molar-refractivity contribution in [1.29, 1.82) is 0 Å². The van der Waals surface area contributed by atoms with E-state index in [4.69, 9.17) is 0 Å². The minimum atomic E-state index is -0.646. The first-order valence-corrected chi connectivity index (χ1v) is 10.3. The van der Waals surface area contributed by atoms with Gasteiger partial charge in [0.15, 0.2) is 0 Å². The molecule has 2 aromatic rings. The van der Waals surface area contributed by atoms with E-state index in [2.05, 4.69) is 60.4 Å². The van der Waals surface area contributed by atoms with Crippen LogP contribution in [-0.2, 0) is 0 Å². The van der Waals surface area contributed by atoms with Gasteiger partial charge in [-0.3, -0.25) is 0 Å². The van der Waals surface area contributed by atoms with Gasteiger partial charge in [-0.25, -0.2) is 0 Å². The number of benzene rings is 2. The second-order valence-electron chi connectivity index (χ2n) is 6.53. The summed E-state index contributed by atoms with van der Waals surface area (Å²) in [6.07, 6.45) is 7.17. The monoisotopic (exact) mass is 306 g/mol. The molecule has 0 bridgehead atoms. The first kappa shape index (κ1) is 14.1. The van der Waals surface area contributed by atoms with Crippen LogP contribution in [-0.4, -0.2) is 15.3 Å². The number of nitrogens with zero attached hydrogens (tertiary/aromatic N) is 1. The van der Waals surface area contributed by atoms with Crippen molar-refractivity contribution in [2.45, 2.75) is 44.6 Å². The molecule has 113 valence electrons. The van der Waals surface area contributed by atoms with Crippen molar-refractivity contribution in [1.82, 2.24) is 0 Å². The van der Waals surface area contributed by atoms with E-state index in [0.717, 1.165) is 12.1 Å². The van der Waals surface area contributed by atoms with Crippen molar-refractivity contribution < 1.29 is 0 Å². The number of hydrogen-bond acceptors (Lipinski definition) is 1. The third kappa shape index (κ3) is 2.21. The molecule has 0 unspecified atom stereocenters. The maximum atomic E-state index is 2.52. The van der Waals surface area contributed by atoms with Gasteiger partial charge in [0.2, 0.25) is 0 Å². The van der Waals surface area contributed by atoms with Crippen molar-refractivity contribution in [3.63, 3.8) is 0 Å². The predicted molar refractivity (Wildman–Crippen MR) is 97.4 cm³/mol. The molecule has 1 aliphatic carbocycles. The van der Waals surface area contributed by atoms with E-state index in [1.807, 2.05) is 0 Å². The van der Waals surface area contributed by atoms with Crippen LogP contribution in [0.1, 0.15) is 39.0 Å². The van der Waals surface area contributed by atoms with Crippen LogP contribution in [0.4, 0.5) is 11.4 Å². The fourth-order valence-corrected chi connectivity index (χ4v) is 8.02. The summed E-state index contributed by atoms with van der Waals surface area (Å²) in [5.74, 6) is 0. The molecule has 0 spiro atoms. The lowest BCUT2D eigenvalue weighted by molar-refractivity contribution is 0.499. The van der Waals surface area contributed by atoms with Gasteiger partial charge in [-0.15, -0.1) is 0 Å². The molecule has 2 aromatic carbocycles. The van der Waals surface area contributed by atoms with Crippen molar-refractivity contribution in [2.24, 2.45) is 0 Å². The zero-order valence-corrected chi connectivity index (χ0v) is 14.4. The van der Waals surface area contributed by atoms with Crippen LogP contribution in [0.25, 0.3) is 0 Å². The fourth-order valence-electron chi connectivity index (χ4n) is 4.32. The van der Waals surface area contributed by atoms with Gasteiger partial charge in [0.1, 0.15) is 8.80 Å². The van der Waals surface area contributed by atoms with Crippen LogP contribution in [0.5, 0.6) is 0 Å². The second kappa shape index (κ2) is 5.92. The summed E-state index contributed by atoms with van der Waals surface area (Å²) in [5.41, 5.74) is 3.87. The Morgan fingerprint density at radius 1 is 0.864 bits per heavy atom. The van der Waals surface area contributed by atoms with E-state index in [0.29, 0.717) is 0 Å². The van der Waals surface area contributed by atoms with Crippen LogP contribution in [0.3, 0.4) is 0 Å². The van der Waals surface area contributed by atoms with Gasteiger partial charge in [0.05, 0.1) is 0 Å². The molecular weight excluding hydrogens is 282 g/mol. The Kier molecular flexibility index (Phi) is 3.79. The molecule has 1 nitrogen and oxygen atoms in total. The van der Waals surface area contributed by atoms with E-state index in [1.165, 1.54) is 43.5 Å². The Bertz CT molecular complexity index is 613. The fraction of sp³-hybridized carbons (Fsp3) is 0.400. The van der Waals surface area contributed by atoms with Crippen molar-refractivity contribution >= 4 is 30.5 Å². The van der Waals surface area contributed by atoms with E-state index in [1.54, 1.807) is 10.4 Å². The van der Waals surface area contributed by atoms with Crippen molar-refractivity contribution in [3.05, 3.63) is 48.5 Å². The van der Waals surface area contributed by atoms with Crippen LogP contribution < -0.4 is 15.3 Å². The molecule has 0 aromatic heterocycles. The Labute approximate surface area is 135 Å². The number of fused-ring (bicyclic) bond motifs is 2. The lowest BCUT2D eigenvalue weighted by Gasteiger charge is -2.40. The summed E-state index contributed by atoms with van der Waals surface area (Å²) in [6.45, 7) is 3.32. The van der Waals surface area contributed by atoms with Gasteiger partial charge in [-0.1, -0.05) is 68.5 Å². The normalized spacial score (nSPS) is 18.9. The Morgan fingerprint density at radius 2 is 1.41 bits per heavy atom. The summed E-state index contributed by atoms with van der Waals surface area (Å²) < 4.78 is 0. The average Bonchev–Trinajstić information content (AvgIpc) is 2.60. The van der Waals surface area contributed by atoms with E-state index < -0.39 is 8.80 Å². The van der Waals surface area contributed by atoms with Gasteiger partial charge < -0.3 is 4.90 Å². The van der Waals surface area contributed by atoms with Crippen molar-refractivity contribution in [3.8, 4) is 0 Å². The maximum absolute atomic E-state index is 2.52. The van der Waals surface area contributed by atoms with Crippen LogP contribution >= 0.6 is 0 Å². The van der Waals surface area contributed by atoms with Gasteiger partial charge in [-0.05, 0) is 35.0 Å². The average molecular weight is 307 g/mol. The summed E-state index contributed by atoms with van der Waals surface area (Å²) in [7, 11) is -0.646. The quantitative estimate of drug-likeness (QED) is 0.755. The van der Waals surface area contributed by atoms with Gasteiger partial charge in [-0.2, -0.15) is 0 Å². The highest BCUT2D eigenvalue weighted by Gasteiger charge is 2.36. The van der Waals surface area contributed by atoms with Gasteiger partial charge >= 0.3 is 0 Å². The molecule has 1 fully saturated rings. The van der Waals surface area contributed by atoms with Crippen molar-refractivity contribution in [2.75, 3.05) is 11.4 Å². The number of hydrogen-bond donors (Lipinski definition) is 0. The summed E-state index contributed by atoms with van der Waals surface area (Å²) in [6, 6.07) is 18.4. The highest BCUT2D eigenvalue weighted by atomic mass is 28.3. The van der Waals surface area contributed by atoms with Crippen LogP contribution in [0.2, 0.25) is 5.54 Å². The van der Waals surface area contributed by atoms with E-state index >= 15 is 0 Å². The van der Waals surface area contributed by atoms with E-state index in [-0.39, 0.29) is 0 Å². The lowest BCUT2D eigenvalue weighted by atomic mass is 10.0. The molecule has 4 rings (SSSR count). The Morgan fingerprint density at radius 3 is 1.95 bits per heavy atom. The first-order chi connectivity index (χ1) is 10.9. The smallest absolute Gasteiger partial charge is 0.130 e. The third-order valence-electron chi connectivity index (χ3n) is 5.30. The number of anilines is 2. The highest BCUT2D eigenvalue weighted by molar-refractivity contribution is 6.89. The first-order valence-electron chi connectivity index (χ1n) is 8.73. The third-order valence-corrected chi connectivity index (χ3v) is 8.70. The topological polar surface area (TPSA) is 3.24 Å². The lowest BCUT2D eigenvalue weighted by Crippen LogP contribution is -2.53. The molecule has 0 amide bonds. The van der Waals surface area contributed by atoms with Crippen LogP contribution in [0.15, 0.2) is 48.5 Å². The summed E-state index contributed by atoms with van der Waals surface area (Å²) >= 11 is 0. The molecule has 0 atom stereocenters. The predicted octanol–water partition coefficient (Wildman–Crippen LogP) is 4.10. The molecule has 2 aliphatic rings. The van der Waals surface area contributed by atoms with Crippen LogP contribution in [0, 0.1) is 0 Å². The standard InChI is InChI=1S/C20H24NSi/c1-2-21-17-12-6-8-14-19(17)22(16-10-4-3-5-11-16)20-15-9-7-13-18(20)21/h6-9,12-16H,2-5,10-11H2,1H3. The maximum Gasteiger partial charge on any atom is 0.130 e. The molecular formula is C20H24NSi. The molecule has 1 radical (unpaired) electrons. The largest absolute Gasteiger partial charge is 0.342 e. The van der Waals surface area contributed by atoms with Gasteiger partial charge in [0.25, 0.3) is 0 Å². The zero-order chi connectivity index (χ0) is 14.9. The molecule has 1 heterocycles.